The molecule has 3 nitrogen and oxygen atoms in total. The van der Waals surface area contributed by atoms with Crippen molar-refractivity contribution in [1.29, 1.82) is 0 Å². The maximum atomic E-state index is 13.3. The Balaban J connectivity index is 2.32. The second kappa shape index (κ2) is 4.46. The zero-order chi connectivity index (χ0) is 13.6. The molecule has 0 aliphatic heterocycles. The van der Waals surface area contributed by atoms with Crippen molar-refractivity contribution in [3.05, 3.63) is 46.0 Å². The summed E-state index contributed by atoms with van der Waals surface area (Å²) in [6, 6.07) is 5.76. The van der Waals surface area contributed by atoms with Gasteiger partial charge in [-0.05, 0) is 44.4 Å². The molecule has 1 aliphatic rings. The lowest BCUT2D eigenvalue weighted by atomic mass is 10.1. The predicted molar refractivity (Wildman–Crippen MR) is 71.8 cm³/mol. The summed E-state index contributed by atoms with van der Waals surface area (Å²) in [5.41, 5.74) is 1.35. The van der Waals surface area contributed by atoms with Gasteiger partial charge in [0.15, 0.2) is 5.43 Å². The molecule has 0 saturated heterocycles. The molecule has 19 heavy (non-hydrogen) atoms. The highest BCUT2D eigenvalue weighted by molar-refractivity contribution is 5.79. The molecule has 1 aliphatic carbocycles. The standard InChI is InChI=1S/C15H16FNO2/c1-9-7-15(19)11-8-10(16)5-6-12(11)17(9)13-3-2-4-14(13)18/h5-8,13-14,18H,2-4H2,1H3/t13-,14-/m0/s1. The largest absolute Gasteiger partial charge is 0.391 e. The number of aliphatic hydroxyl groups is 1. The number of aliphatic hydroxyl groups excluding tert-OH is 1. The zero-order valence-corrected chi connectivity index (χ0v) is 10.8. The minimum atomic E-state index is -0.410. The molecule has 2 atom stereocenters. The Kier molecular flexibility index (Phi) is 2.90. The lowest BCUT2D eigenvalue weighted by Gasteiger charge is -2.23. The van der Waals surface area contributed by atoms with Crippen LogP contribution in [-0.4, -0.2) is 15.8 Å². The van der Waals surface area contributed by atoms with Gasteiger partial charge in [0.1, 0.15) is 5.82 Å². The van der Waals surface area contributed by atoms with E-state index < -0.39 is 11.9 Å². The number of aromatic nitrogens is 1. The molecule has 2 aromatic rings. The quantitative estimate of drug-likeness (QED) is 0.857. The fourth-order valence-corrected chi connectivity index (χ4v) is 3.10. The van der Waals surface area contributed by atoms with Crippen molar-refractivity contribution in [1.82, 2.24) is 4.57 Å². The smallest absolute Gasteiger partial charge is 0.189 e. The fraction of sp³-hybridized carbons (Fsp3) is 0.400. The van der Waals surface area contributed by atoms with Gasteiger partial charge in [-0.3, -0.25) is 4.79 Å². The number of nitrogens with zero attached hydrogens (tertiary/aromatic N) is 1. The molecule has 0 amide bonds. The summed E-state index contributed by atoms with van der Waals surface area (Å²) in [5, 5.41) is 10.5. The van der Waals surface area contributed by atoms with Gasteiger partial charge in [-0.25, -0.2) is 4.39 Å². The molecule has 1 aromatic heterocycles. The van der Waals surface area contributed by atoms with E-state index in [-0.39, 0.29) is 11.5 Å². The number of halogens is 1. The van der Waals surface area contributed by atoms with Gasteiger partial charge < -0.3 is 9.67 Å². The number of aryl methyl sites for hydroxylation is 1. The number of hydrogen-bond acceptors (Lipinski definition) is 2. The molecule has 100 valence electrons. The summed E-state index contributed by atoms with van der Waals surface area (Å²) in [6.45, 7) is 1.86. The van der Waals surface area contributed by atoms with Gasteiger partial charge in [0.2, 0.25) is 0 Å². The molecule has 1 heterocycles. The van der Waals surface area contributed by atoms with Gasteiger partial charge in [-0.2, -0.15) is 0 Å². The Morgan fingerprint density at radius 1 is 1.32 bits per heavy atom. The number of fused-ring (bicyclic) bond motifs is 1. The maximum Gasteiger partial charge on any atom is 0.189 e. The van der Waals surface area contributed by atoms with E-state index in [4.69, 9.17) is 0 Å². The van der Waals surface area contributed by atoms with E-state index in [1.54, 1.807) is 6.07 Å². The van der Waals surface area contributed by atoms with Gasteiger partial charge >= 0.3 is 0 Å². The van der Waals surface area contributed by atoms with E-state index in [0.717, 1.165) is 25.0 Å². The van der Waals surface area contributed by atoms with Crippen molar-refractivity contribution >= 4 is 10.9 Å². The zero-order valence-electron chi connectivity index (χ0n) is 10.8. The first-order valence-electron chi connectivity index (χ1n) is 6.57. The summed E-state index contributed by atoms with van der Waals surface area (Å²) in [7, 11) is 0. The first-order chi connectivity index (χ1) is 9.08. The van der Waals surface area contributed by atoms with Crippen molar-refractivity contribution in [3.8, 4) is 0 Å². The molecule has 0 bridgehead atoms. The summed E-state index contributed by atoms with van der Waals surface area (Å²) in [4.78, 5) is 12.0. The molecular formula is C15H16FNO2. The molecule has 0 unspecified atom stereocenters. The molecule has 3 rings (SSSR count). The van der Waals surface area contributed by atoms with Crippen LogP contribution >= 0.6 is 0 Å². The monoisotopic (exact) mass is 261 g/mol. The number of pyridine rings is 1. The third kappa shape index (κ3) is 1.96. The van der Waals surface area contributed by atoms with E-state index in [1.165, 1.54) is 18.2 Å². The molecule has 1 aromatic carbocycles. The first-order valence-corrected chi connectivity index (χ1v) is 6.57. The minimum Gasteiger partial charge on any atom is -0.391 e. The summed E-state index contributed by atoms with van der Waals surface area (Å²) >= 11 is 0. The van der Waals surface area contributed by atoms with Crippen LogP contribution in [0.3, 0.4) is 0 Å². The number of rotatable bonds is 1. The Morgan fingerprint density at radius 2 is 2.11 bits per heavy atom. The summed E-state index contributed by atoms with van der Waals surface area (Å²) in [6.07, 6.45) is 2.24. The molecule has 4 heteroatoms. The predicted octanol–water partition coefficient (Wildman–Crippen LogP) is 2.53. The first kappa shape index (κ1) is 12.4. The van der Waals surface area contributed by atoms with Crippen molar-refractivity contribution in [3.63, 3.8) is 0 Å². The maximum absolute atomic E-state index is 13.3. The third-order valence-corrected chi connectivity index (χ3v) is 3.98. The second-order valence-electron chi connectivity index (χ2n) is 5.25. The summed E-state index contributed by atoms with van der Waals surface area (Å²) in [5.74, 6) is -0.410. The molecular weight excluding hydrogens is 245 g/mol. The van der Waals surface area contributed by atoms with E-state index in [1.807, 2.05) is 11.5 Å². The lowest BCUT2D eigenvalue weighted by Crippen LogP contribution is -2.23. The van der Waals surface area contributed by atoms with E-state index in [9.17, 15) is 14.3 Å². The van der Waals surface area contributed by atoms with Crippen LogP contribution in [0.5, 0.6) is 0 Å². The van der Waals surface area contributed by atoms with Gasteiger partial charge in [0.25, 0.3) is 0 Å². The van der Waals surface area contributed by atoms with Gasteiger partial charge in [0, 0.05) is 17.1 Å². The van der Waals surface area contributed by atoms with E-state index >= 15 is 0 Å². The Hall–Kier alpha value is -1.68. The average Bonchev–Trinajstić information content (AvgIpc) is 2.77. The highest BCUT2D eigenvalue weighted by Gasteiger charge is 2.28. The topological polar surface area (TPSA) is 42.2 Å². The summed E-state index contributed by atoms with van der Waals surface area (Å²) < 4.78 is 15.3. The van der Waals surface area contributed by atoms with Gasteiger partial charge in [-0.1, -0.05) is 0 Å². The van der Waals surface area contributed by atoms with Crippen LogP contribution in [0.25, 0.3) is 10.9 Å². The lowest BCUT2D eigenvalue weighted by molar-refractivity contribution is 0.137. The molecule has 1 saturated carbocycles. The van der Waals surface area contributed by atoms with Crippen LogP contribution in [-0.2, 0) is 0 Å². The molecule has 1 N–H and O–H groups in total. The van der Waals surface area contributed by atoms with Crippen LogP contribution in [0.4, 0.5) is 4.39 Å². The molecule has 0 radical (unpaired) electrons. The highest BCUT2D eigenvalue weighted by atomic mass is 19.1. The van der Waals surface area contributed by atoms with E-state index in [0.29, 0.717) is 10.9 Å². The SMILES string of the molecule is Cc1cc(=O)c2cc(F)ccc2n1[C@H]1CCC[C@@H]1O. The Bertz CT molecular complexity index is 692. The van der Waals surface area contributed by atoms with Crippen molar-refractivity contribution < 1.29 is 9.50 Å². The highest BCUT2D eigenvalue weighted by Crippen LogP contribution is 2.33. The minimum absolute atomic E-state index is 0.0199. The van der Waals surface area contributed by atoms with Crippen LogP contribution < -0.4 is 5.43 Å². The van der Waals surface area contributed by atoms with Crippen LogP contribution in [0.2, 0.25) is 0 Å². The Morgan fingerprint density at radius 3 is 2.79 bits per heavy atom. The normalized spacial score (nSPS) is 23.1. The van der Waals surface area contributed by atoms with E-state index in [2.05, 4.69) is 0 Å². The third-order valence-electron chi connectivity index (χ3n) is 3.98. The Labute approximate surface area is 110 Å². The van der Waals surface area contributed by atoms with Crippen LogP contribution in [0.1, 0.15) is 31.0 Å². The van der Waals surface area contributed by atoms with Crippen molar-refractivity contribution in [2.45, 2.75) is 38.3 Å². The van der Waals surface area contributed by atoms with Crippen LogP contribution in [0, 0.1) is 12.7 Å². The number of benzene rings is 1. The van der Waals surface area contributed by atoms with Gasteiger partial charge in [0.05, 0.1) is 17.7 Å². The van der Waals surface area contributed by atoms with Crippen molar-refractivity contribution in [2.75, 3.05) is 0 Å². The molecule has 0 spiro atoms. The van der Waals surface area contributed by atoms with Crippen LogP contribution in [0.15, 0.2) is 29.1 Å². The van der Waals surface area contributed by atoms with Crippen molar-refractivity contribution in [2.24, 2.45) is 0 Å². The fourth-order valence-electron chi connectivity index (χ4n) is 3.10. The molecule has 1 fully saturated rings. The number of hydrogen-bond donors (Lipinski definition) is 1. The average molecular weight is 261 g/mol. The van der Waals surface area contributed by atoms with Gasteiger partial charge in [-0.15, -0.1) is 0 Å². The second-order valence-corrected chi connectivity index (χ2v) is 5.25.